The largest absolute Gasteiger partial charge is 0.443 e. The summed E-state index contributed by atoms with van der Waals surface area (Å²) in [7, 11) is 0. The molecule has 1 N–H and O–H groups in total. The maximum absolute atomic E-state index is 12.8. The summed E-state index contributed by atoms with van der Waals surface area (Å²) >= 11 is 0. The highest BCUT2D eigenvalue weighted by Crippen LogP contribution is 2.18. The van der Waals surface area contributed by atoms with E-state index in [9.17, 15) is 13.6 Å². The van der Waals surface area contributed by atoms with E-state index in [-0.39, 0.29) is 0 Å². The normalized spacial score (nSPS) is 13.5. The van der Waals surface area contributed by atoms with Crippen LogP contribution in [0.3, 0.4) is 0 Å². The van der Waals surface area contributed by atoms with E-state index in [1.165, 1.54) is 4.90 Å². The fourth-order valence-corrected chi connectivity index (χ4v) is 0.852. The lowest BCUT2D eigenvalue weighted by molar-refractivity contribution is -0.132. The minimum absolute atomic E-state index is 0.398. The predicted octanol–water partition coefficient (Wildman–Crippen LogP) is 1.48. The average molecular weight is 225 g/mol. The smallest absolute Gasteiger partial charge is 0.409 e. The summed E-state index contributed by atoms with van der Waals surface area (Å²) in [4.78, 5) is 12.4. The quantitative estimate of drug-likeness (QED) is 0.771. The average Bonchev–Trinajstić information content (AvgIpc) is 2.16. The summed E-state index contributed by atoms with van der Waals surface area (Å²) in [5.41, 5.74) is 0. The van der Waals surface area contributed by atoms with E-state index < -0.39 is 24.7 Å². The van der Waals surface area contributed by atoms with Gasteiger partial charge in [0.1, 0.15) is 6.10 Å². The van der Waals surface area contributed by atoms with Crippen molar-refractivity contribution >= 4 is 6.09 Å². The van der Waals surface area contributed by atoms with Crippen LogP contribution in [0, 0.1) is 0 Å². The van der Waals surface area contributed by atoms with Gasteiger partial charge in [-0.15, -0.1) is 0 Å². The van der Waals surface area contributed by atoms with Crippen LogP contribution in [0.15, 0.2) is 0 Å². The SMILES string of the molecule is CCN(CC)C(=O)OCC(F)(F)C(C)O. The van der Waals surface area contributed by atoms with E-state index in [2.05, 4.69) is 4.74 Å². The van der Waals surface area contributed by atoms with Crippen LogP contribution in [-0.2, 0) is 4.74 Å². The Hall–Kier alpha value is -0.910. The maximum atomic E-state index is 12.8. The Kier molecular flexibility index (Phi) is 5.49. The van der Waals surface area contributed by atoms with Crippen molar-refractivity contribution in [3.63, 3.8) is 0 Å². The number of nitrogens with zero attached hydrogens (tertiary/aromatic N) is 1. The number of hydrogen-bond donors (Lipinski definition) is 1. The fourth-order valence-electron chi connectivity index (χ4n) is 0.852. The van der Waals surface area contributed by atoms with Crippen LogP contribution in [0.2, 0.25) is 0 Å². The van der Waals surface area contributed by atoms with Crippen LogP contribution in [0.1, 0.15) is 20.8 Å². The van der Waals surface area contributed by atoms with E-state index in [1.807, 2.05) is 0 Å². The number of aliphatic hydroxyl groups excluding tert-OH is 1. The van der Waals surface area contributed by atoms with Gasteiger partial charge in [0.15, 0.2) is 6.61 Å². The number of rotatable bonds is 5. The number of aliphatic hydroxyl groups is 1. The van der Waals surface area contributed by atoms with Crippen LogP contribution in [0.5, 0.6) is 0 Å². The number of halogens is 2. The molecule has 1 unspecified atom stereocenters. The number of ether oxygens (including phenoxy) is 1. The van der Waals surface area contributed by atoms with Crippen molar-refractivity contribution in [1.82, 2.24) is 4.90 Å². The summed E-state index contributed by atoms with van der Waals surface area (Å²) in [6.45, 7) is 4.09. The molecule has 90 valence electrons. The van der Waals surface area contributed by atoms with Gasteiger partial charge in [0.25, 0.3) is 0 Å². The van der Waals surface area contributed by atoms with Crippen LogP contribution in [0.4, 0.5) is 13.6 Å². The molecule has 0 saturated heterocycles. The second kappa shape index (κ2) is 5.85. The Bertz CT molecular complexity index is 206. The van der Waals surface area contributed by atoms with Gasteiger partial charge in [-0.3, -0.25) is 0 Å². The first kappa shape index (κ1) is 14.1. The van der Waals surface area contributed by atoms with Crippen molar-refractivity contribution in [3.8, 4) is 0 Å². The third-order valence-corrected chi connectivity index (χ3v) is 2.02. The number of hydrogen-bond acceptors (Lipinski definition) is 3. The van der Waals surface area contributed by atoms with Gasteiger partial charge in [0.05, 0.1) is 0 Å². The zero-order chi connectivity index (χ0) is 12.1. The van der Waals surface area contributed by atoms with Gasteiger partial charge in [-0.05, 0) is 20.8 Å². The molecule has 6 heteroatoms. The number of amides is 1. The molecule has 0 saturated carbocycles. The van der Waals surface area contributed by atoms with Crippen molar-refractivity contribution < 1.29 is 23.4 Å². The summed E-state index contributed by atoms with van der Waals surface area (Å²) in [5, 5.41) is 8.69. The van der Waals surface area contributed by atoms with E-state index in [1.54, 1.807) is 13.8 Å². The second-order valence-corrected chi connectivity index (χ2v) is 3.16. The van der Waals surface area contributed by atoms with E-state index in [0.717, 1.165) is 6.92 Å². The monoisotopic (exact) mass is 225 g/mol. The minimum atomic E-state index is -3.40. The Morgan fingerprint density at radius 3 is 2.27 bits per heavy atom. The van der Waals surface area contributed by atoms with Gasteiger partial charge >= 0.3 is 12.0 Å². The first-order valence-corrected chi connectivity index (χ1v) is 4.82. The summed E-state index contributed by atoms with van der Waals surface area (Å²) in [6.07, 6.45) is -2.62. The van der Waals surface area contributed by atoms with Gasteiger partial charge < -0.3 is 14.7 Å². The third-order valence-electron chi connectivity index (χ3n) is 2.02. The molecule has 0 aliphatic rings. The van der Waals surface area contributed by atoms with E-state index in [4.69, 9.17) is 5.11 Å². The lowest BCUT2D eigenvalue weighted by Gasteiger charge is -2.22. The molecule has 0 heterocycles. The highest BCUT2D eigenvalue weighted by molar-refractivity contribution is 5.67. The Morgan fingerprint density at radius 1 is 1.47 bits per heavy atom. The van der Waals surface area contributed by atoms with Gasteiger partial charge in [0.2, 0.25) is 0 Å². The molecule has 0 fully saturated rings. The Labute approximate surface area is 87.8 Å². The molecule has 0 bridgehead atoms. The van der Waals surface area contributed by atoms with Gasteiger partial charge in [-0.1, -0.05) is 0 Å². The van der Waals surface area contributed by atoms with Crippen LogP contribution in [-0.4, -0.2) is 47.8 Å². The van der Waals surface area contributed by atoms with Crippen molar-refractivity contribution in [2.45, 2.75) is 32.8 Å². The highest BCUT2D eigenvalue weighted by Gasteiger charge is 2.37. The van der Waals surface area contributed by atoms with Crippen LogP contribution in [0.25, 0.3) is 0 Å². The molecule has 0 aromatic rings. The molecular weight excluding hydrogens is 208 g/mol. The van der Waals surface area contributed by atoms with Crippen molar-refractivity contribution in [3.05, 3.63) is 0 Å². The lowest BCUT2D eigenvalue weighted by atomic mass is 10.2. The zero-order valence-electron chi connectivity index (χ0n) is 9.17. The second-order valence-electron chi connectivity index (χ2n) is 3.16. The molecule has 1 amide bonds. The Morgan fingerprint density at radius 2 is 1.93 bits per heavy atom. The molecule has 4 nitrogen and oxygen atoms in total. The molecule has 15 heavy (non-hydrogen) atoms. The van der Waals surface area contributed by atoms with E-state index >= 15 is 0 Å². The van der Waals surface area contributed by atoms with Gasteiger partial charge in [-0.2, -0.15) is 8.78 Å². The number of alkyl halides is 2. The molecule has 0 aliphatic carbocycles. The predicted molar refractivity (Wildman–Crippen MR) is 50.9 cm³/mol. The first-order valence-electron chi connectivity index (χ1n) is 4.82. The lowest BCUT2D eigenvalue weighted by Crippen LogP contribution is -2.40. The molecule has 0 aromatic carbocycles. The van der Waals surface area contributed by atoms with Gasteiger partial charge in [-0.25, -0.2) is 4.79 Å². The number of carbonyl (C=O) groups is 1. The molecule has 1 atom stereocenters. The van der Waals surface area contributed by atoms with Crippen molar-refractivity contribution in [2.75, 3.05) is 19.7 Å². The maximum Gasteiger partial charge on any atom is 0.409 e. The van der Waals surface area contributed by atoms with Crippen molar-refractivity contribution in [1.29, 1.82) is 0 Å². The highest BCUT2D eigenvalue weighted by atomic mass is 19.3. The topological polar surface area (TPSA) is 49.8 Å². The summed E-state index contributed by atoms with van der Waals surface area (Å²) < 4.78 is 30.1. The minimum Gasteiger partial charge on any atom is -0.443 e. The molecule has 0 spiro atoms. The van der Waals surface area contributed by atoms with E-state index in [0.29, 0.717) is 13.1 Å². The van der Waals surface area contributed by atoms with Gasteiger partial charge in [0, 0.05) is 13.1 Å². The molecular formula is C9H17F2NO3. The Balaban J connectivity index is 4.10. The molecule has 0 aromatic heterocycles. The molecule has 0 radical (unpaired) electrons. The first-order chi connectivity index (χ1) is 6.85. The third kappa shape index (κ3) is 4.42. The molecule has 0 rings (SSSR count). The van der Waals surface area contributed by atoms with Crippen LogP contribution < -0.4 is 0 Å². The van der Waals surface area contributed by atoms with Crippen molar-refractivity contribution in [2.24, 2.45) is 0 Å². The fraction of sp³-hybridized carbons (Fsp3) is 0.889. The number of carbonyl (C=O) groups excluding carboxylic acids is 1. The standard InChI is InChI=1S/C9H17F2NO3/c1-4-12(5-2)8(14)15-6-9(10,11)7(3)13/h7,13H,4-6H2,1-3H3. The molecule has 0 aliphatic heterocycles. The van der Waals surface area contributed by atoms with Crippen LogP contribution >= 0.6 is 0 Å². The zero-order valence-corrected chi connectivity index (χ0v) is 9.17. The summed E-state index contributed by atoms with van der Waals surface area (Å²) in [6, 6.07) is 0. The summed E-state index contributed by atoms with van der Waals surface area (Å²) in [5.74, 6) is -3.40.